The van der Waals surface area contributed by atoms with Crippen LogP contribution in [0.4, 0.5) is 0 Å². The summed E-state index contributed by atoms with van der Waals surface area (Å²) in [5.74, 6) is 0.673. The fraction of sp³-hybridized carbons (Fsp3) is 0.300. The van der Waals surface area contributed by atoms with Crippen molar-refractivity contribution in [3.63, 3.8) is 0 Å². The molecule has 2 aromatic carbocycles. The SMILES string of the molecule is O=C(COc1ccc(Cl)cc1)N1CCN(Cc2nc3ccccc3s2)CC1. The van der Waals surface area contributed by atoms with Crippen LogP contribution in [0.15, 0.2) is 48.5 Å². The molecule has 0 radical (unpaired) electrons. The van der Waals surface area contributed by atoms with Crippen molar-refractivity contribution < 1.29 is 9.53 Å². The van der Waals surface area contributed by atoms with Gasteiger partial charge in [-0.05, 0) is 36.4 Å². The standard InChI is InChI=1S/C20H20ClN3O2S/c21-15-5-7-16(8-6-15)26-14-20(25)24-11-9-23(10-12-24)13-19-22-17-3-1-2-4-18(17)27-19/h1-8H,9-14H2. The lowest BCUT2D eigenvalue weighted by Gasteiger charge is -2.34. The zero-order valence-corrected chi connectivity index (χ0v) is 16.4. The lowest BCUT2D eigenvalue weighted by molar-refractivity contribution is -0.135. The van der Waals surface area contributed by atoms with Gasteiger partial charge in [-0.3, -0.25) is 9.69 Å². The number of rotatable bonds is 5. The summed E-state index contributed by atoms with van der Waals surface area (Å²) in [4.78, 5) is 21.3. The third-order valence-corrected chi connectivity index (χ3v) is 5.87. The molecule has 0 bridgehead atoms. The van der Waals surface area contributed by atoms with E-state index in [4.69, 9.17) is 21.3 Å². The first-order valence-electron chi connectivity index (χ1n) is 8.90. The number of amides is 1. The maximum absolute atomic E-state index is 12.4. The van der Waals surface area contributed by atoms with Gasteiger partial charge in [0.05, 0.1) is 16.8 Å². The summed E-state index contributed by atoms with van der Waals surface area (Å²) in [6.07, 6.45) is 0. The molecule has 0 N–H and O–H groups in total. The highest BCUT2D eigenvalue weighted by Gasteiger charge is 2.22. The predicted octanol–water partition coefficient (Wildman–Crippen LogP) is 3.67. The van der Waals surface area contributed by atoms with E-state index in [1.54, 1.807) is 35.6 Å². The number of fused-ring (bicyclic) bond motifs is 1. The van der Waals surface area contributed by atoms with Crippen molar-refractivity contribution in [2.75, 3.05) is 32.8 Å². The Labute approximate surface area is 167 Å². The average Bonchev–Trinajstić information content (AvgIpc) is 3.10. The van der Waals surface area contributed by atoms with Crippen LogP contribution < -0.4 is 4.74 Å². The van der Waals surface area contributed by atoms with E-state index in [9.17, 15) is 4.79 Å². The average molecular weight is 402 g/mol. The van der Waals surface area contributed by atoms with E-state index in [-0.39, 0.29) is 12.5 Å². The Balaban J connectivity index is 1.25. The Morgan fingerprint density at radius 1 is 1.07 bits per heavy atom. The lowest BCUT2D eigenvalue weighted by atomic mass is 10.3. The molecule has 5 nitrogen and oxygen atoms in total. The van der Waals surface area contributed by atoms with Crippen molar-refractivity contribution in [3.8, 4) is 5.75 Å². The second-order valence-electron chi connectivity index (χ2n) is 6.47. The smallest absolute Gasteiger partial charge is 0.260 e. The number of hydrogen-bond donors (Lipinski definition) is 0. The molecule has 1 aliphatic heterocycles. The molecule has 0 unspecified atom stereocenters. The number of halogens is 1. The number of nitrogens with zero attached hydrogens (tertiary/aromatic N) is 3. The molecule has 2 heterocycles. The van der Waals surface area contributed by atoms with E-state index in [0.29, 0.717) is 23.9 Å². The Bertz CT molecular complexity index is 887. The molecule has 1 saturated heterocycles. The van der Waals surface area contributed by atoms with Gasteiger partial charge in [0.2, 0.25) is 0 Å². The molecule has 0 spiro atoms. The first kappa shape index (κ1) is 18.2. The first-order chi connectivity index (χ1) is 13.2. The van der Waals surface area contributed by atoms with Gasteiger partial charge in [-0.2, -0.15) is 0 Å². The van der Waals surface area contributed by atoms with Gasteiger partial charge >= 0.3 is 0 Å². The van der Waals surface area contributed by atoms with E-state index in [1.165, 1.54) is 4.70 Å². The monoisotopic (exact) mass is 401 g/mol. The molecule has 1 fully saturated rings. The molecular formula is C20H20ClN3O2S. The second kappa shape index (κ2) is 8.25. The summed E-state index contributed by atoms with van der Waals surface area (Å²) in [6, 6.07) is 15.3. The van der Waals surface area contributed by atoms with E-state index in [2.05, 4.69) is 11.0 Å². The van der Waals surface area contributed by atoms with E-state index < -0.39 is 0 Å². The third-order valence-electron chi connectivity index (χ3n) is 4.60. The van der Waals surface area contributed by atoms with Gasteiger partial charge in [-0.1, -0.05) is 23.7 Å². The topological polar surface area (TPSA) is 45.7 Å². The van der Waals surface area contributed by atoms with Gasteiger partial charge < -0.3 is 9.64 Å². The molecule has 0 atom stereocenters. The van der Waals surface area contributed by atoms with Crippen LogP contribution >= 0.6 is 22.9 Å². The largest absolute Gasteiger partial charge is 0.484 e. The van der Waals surface area contributed by atoms with Crippen LogP contribution in [0.2, 0.25) is 5.02 Å². The predicted molar refractivity (Wildman–Crippen MR) is 108 cm³/mol. The Hall–Kier alpha value is -2.15. The summed E-state index contributed by atoms with van der Waals surface area (Å²) in [5.41, 5.74) is 1.06. The molecule has 1 amide bonds. The first-order valence-corrected chi connectivity index (χ1v) is 10.1. The number of carbonyl (C=O) groups excluding carboxylic acids is 1. The van der Waals surface area contributed by atoms with Gasteiger partial charge in [0.15, 0.2) is 6.61 Å². The van der Waals surface area contributed by atoms with Crippen molar-refractivity contribution in [1.29, 1.82) is 0 Å². The van der Waals surface area contributed by atoms with Gasteiger partial charge in [0.25, 0.3) is 5.91 Å². The molecule has 0 saturated carbocycles. The molecule has 1 aromatic heterocycles. The summed E-state index contributed by atoms with van der Waals surface area (Å²) < 4.78 is 6.78. The number of benzene rings is 2. The Kier molecular flexibility index (Phi) is 5.57. The lowest BCUT2D eigenvalue weighted by Crippen LogP contribution is -2.49. The zero-order valence-electron chi connectivity index (χ0n) is 14.8. The van der Waals surface area contributed by atoms with Crippen LogP contribution in [0.1, 0.15) is 5.01 Å². The number of thiazole rings is 1. The highest BCUT2D eigenvalue weighted by Crippen LogP contribution is 2.23. The van der Waals surface area contributed by atoms with Crippen molar-refractivity contribution in [2.45, 2.75) is 6.54 Å². The number of para-hydroxylation sites is 1. The van der Waals surface area contributed by atoms with Crippen LogP contribution in [0.5, 0.6) is 5.75 Å². The van der Waals surface area contributed by atoms with Gasteiger partial charge in [0.1, 0.15) is 10.8 Å². The minimum atomic E-state index is 0.0181. The molecule has 7 heteroatoms. The van der Waals surface area contributed by atoms with E-state index in [0.717, 1.165) is 30.2 Å². The maximum Gasteiger partial charge on any atom is 0.260 e. The molecule has 0 aliphatic carbocycles. The van der Waals surface area contributed by atoms with Crippen LogP contribution in [0.25, 0.3) is 10.2 Å². The normalized spacial score (nSPS) is 15.2. The third kappa shape index (κ3) is 4.58. The zero-order chi connectivity index (χ0) is 18.6. The number of aromatic nitrogens is 1. The fourth-order valence-electron chi connectivity index (χ4n) is 3.10. The van der Waals surface area contributed by atoms with Gasteiger partial charge in [-0.25, -0.2) is 4.98 Å². The highest BCUT2D eigenvalue weighted by atomic mass is 35.5. The number of carbonyl (C=O) groups is 1. The van der Waals surface area contributed by atoms with Crippen molar-refractivity contribution in [1.82, 2.24) is 14.8 Å². The minimum Gasteiger partial charge on any atom is -0.484 e. The van der Waals surface area contributed by atoms with Gasteiger partial charge in [-0.15, -0.1) is 11.3 Å². The van der Waals surface area contributed by atoms with Crippen LogP contribution in [0, 0.1) is 0 Å². The maximum atomic E-state index is 12.4. The van der Waals surface area contributed by atoms with Crippen LogP contribution in [-0.2, 0) is 11.3 Å². The van der Waals surface area contributed by atoms with Crippen molar-refractivity contribution >= 4 is 39.1 Å². The molecular weight excluding hydrogens is 382 g/mol. The number of piperazine rings is 1. The van der Waals surface area contributed by atoms with Crippen molar-refractivity contribution in [2.24, 2.45) is 0 Å². The minimum absolute atomic E-state index is 0.0181. The van der Waals surface area contributed by atoms with Crippen LogP contribution in [-0.4, -0.2) is 53.5 Å². The second-order valence-corrected chi connectivity index (χ2v) is 8.03. The summed E-state index contributed by atoms with van der Waals surface area (Å²) in [6.45, 7) is 4.02. The van der Waals surface area contributed by atoms with E-state index >= 15 is 0 Å². The Morgan fingerprint density at radius 2 is 1.81 bits per heavy atom. The molecule has 3 aromatic rings. The quantitative estimate of drug-likeness (QED) is 0.654. The molecule has 4 rings (SSSR count). The number of ether oxygens (including phenoxy) is 1. The molecule has 140 valence electrons. The number of hydrogen-bond acceptors (Lipinski definition) is 5. The molecule has 1 aliphatic rings. The highest BCUT2D eigenvalue weighted by molar-refractivity contribution is 7.18. The summed E-state index contributed by atoms with van der Waals surface area (Å²) in [7, 11) is 0. The molecule has 27 heavy (non-hydrogen) atoms. The summed E-state index contributed by atoms with van der Waals surface area (Å²) in [5, 5.41) is 1.78. The van der Waals surface area contributed by atoms with Crippen molar-refractivity contribution in [3.05, 3.63) is 58.6 Å². The Morgan fingerprint density at radius 3 is 2.56 bits per heavy atom. The fourth-order valence-corrected chi connectivity index (χ4v) is 4.24. The summed E-state index contributed by atoms with van der Waals surface area (Å²) >= 11 is 7.59. The van der Waals surface area contributed by atoms with E-state index in [1.807, 2.05) is 23.1 Å². The van der Waals surface area contributed by atoms with Gasteiger partial charge in [0, 0.05) is 31.2 Å². The van der Waals surface area contributed by atoms with Crippen LogP contribution in [0.3, 0.4) is 0 Å².